The zero-order valence-corrected chi connectivity index (χ0v) is 29.5. The van der Waals surface area contributed by atoms with Crippen molar-refractivity contribution >= 4 is 38.6 Å². The van der Waals surface area contributed by atoms with Crippen LogP contribution in [0.25, 0.3) is 11.0 Å². The summed E-state index contributed by atoms with van der Waals surface area (Å²) in [5, 5.41) is 0.346. The number of carbonyl (C=O) groups is 1. The number of rotatable bonds is 10. The highest BCUT2D eigenvalue weighted by atomic mass is 35.5. The zero-order valence-electron chi connectivity index (χ0n) is 27.9. The van der Waals surface area contributed by atoms with E-state index in [9.17, 15) is 13.2 Å². The Morgan fingerprint density at radius 2 is 1.65 bits per heavy atom. The minimum atomic E-state index is -3.84. The fourth-order valence-electron chi connectivity index (χ4n) is 8.79. The first-order chi connectivity index (χ1) is 23.2. The van der Waals surface area contributed by atoms with E-state index in [1.165, 1.54) is 42.1 Å². The molecule has 8 nitrogen and oxygen atoms in total. The number of amides is 1. The van der Waals surface area contributed by atoms with E-state index < -0.39 is 10.0 Å². The van der Waals surface area contributed by atoms with E-state index in [2.05, 4.69) is 75.7 Å². The number of nitrogens with zero attached hydrogens (tertiary/aromatic N) is 4. The van der Waals surface area contributed by atoms with Gasteiger partial charge in [-0.05, 0) is 106 Å². The van der Waals surface area contributed by atoms with Crippen LogP contribution < -0.4 is 4.72 Å². The van der Waals surface area contributed by atoms with Gasteiger partial charge in [0.1, 0.15) is 5.82 Å². The number of hydrogen-bond acceptors (Lipinski definition) is 5. The van der Waals surface area contributed by atoms with Crippen LogP contribution in [0.4, 0.5) is 0 Å². The van der Waals surface area contributed by atoms with Crippen LogP contribution in [0.5, 0.6) is 0 Å². The molecule has 1 aromatic heterocycles. The number of para-hydroxylation sites is 2. The van der Waals surface area contributed by atoms with Gasteiger partial charge in [0, 0.05) is 42.8 Å². The number of aromatic nitrogens is 2. The van der Waals surface area contributed by atoms with Gasteiger partial charge in [0.2, 0.25) is 10.0 Å². The molecule has 48 heavy (non-hydrogen) atoms. The molecule has 3 aliphatic rings. The van der Waals surface area contributed by atoms with E-state index in [0.717, 1.165) is 50.0 Å². The molecular weight excluding hydrogens is 642 g/mol. The minimum Gasteiger partial charge on any atom is -0.339 e. The third-order valence-corrected chi connectivity index (χ3v) is 13.0. The van der Waals surface area contributed by atoms with Crippen LogP contribution in [0.1, 0.15) is 86.1 Å². The molecule has 3 saturated heterocycles. The number of aryl methyl sites for hydroxylation is 1. The van der Waals surface area contributed by atoms with Gasteiger partial charge in [-0.15, -0.1) is 0 Å². The summed E-state index contributed by atoms with van der Waals surface area (Å²) in [5.41, 5.74) is 3.74. The zero-order chi connectivity index (χ0) is 33.5. The Balaban J connectivity index is 1.07. The van der Waals surface area contributed by atoms with Crippen molar-refractivity contribution in [2.45, 2.75) is 93.7 Å². The second-order valence-corrected chi connectivity index (χ2v) is 16.2. The predicted molar refractivity (Wildman–Crippen MR) is 191 cm³/mol. The van der Waals surface area contributed by atoms with Crippen LogP contribution in [0, 0.1) is 6.92 Å². The molecule has 4 heterocycles. The number of sulfonamides is 1. The lowest BCUT2D eigenvalue weighted by molar-refractivity contribution is 0.0603. The number of benzene rings is 3. The van der Waals surface area contributed by atoms with Gasteiger partial charge in [0.05, 0.1) is 21.5 Å². The maximum absolute atomic E-state index is 13.9. The molecule has 3 aliphatic heterocycles. The summed E-state index contributed by atoms with van der Waals surface area (Å²) in [5.74, 6) is 0.830. The van der Waals surface area contributed by atoms with Crippen molar-refractivity contribution in [2.24, 2.45) is 0 Å². The average molecular weight is 688 g/mol. The first kappa shape index (κ1) is 33.3. The average Bonchev–Trinajstić information content (AvgIpc) is 3.56. The molecule has 4 aromatic rings. The minimum absolute atomic E-state index is 0.0111. The van der Waals surface area contributed by atoms with Gasteiger partial charge < -0.3 is 9.47 Å². The molecule has 0 spiro atoms. The first-order valence-electron chi connectivity index (χ1n) is 17.5. The molecule has 1 amide bonds. The van der Waals surface area contributed by atoms with Crippen LogP contribution >= 0.6 is 11.6 Å². The Morgan fingerprint density at radius 3 is 2.35 bits per heavy atom. The van der Waals surface area contributed by atoms with Crippen LogP contribution in [-0.2, 0) is 15.4 Å². The summed E-state index contributed by atoms with van der Waals surface area (Å²) in [6.07, 6.45) is 8.12. The summed E-state index contributed by atoms with van der Waals surface area (Å²) < 4.78 is 31.3. The summed E-state index contributed by atoms with van der Waals surface area (Å²) in [7, 11) is -3.84. The van der Waals surface area contributed by atoms with Crippen molar-refractivity contribution in [3.05, 3.63) is 94.8 Å². The van der Waals surface area contributed by atoms with Crippen LogP contribution in [0.15, 0.2) is 77.7 Å². The van der Waals surface area contributed by atoms with Gasteiger partial charge in [-0.25, -0.2) is 18.1 Å². The van der Waals surface area contributed by atoms with Crippen molar-refractivity contribution < 1.29 is 13.2 Å². The third kappa shape index (κ3) is 6.30. The maximum Gasteiger partial charge on any atom is 0.255 e. The summed E-state index contributed by atoms with van der Waals surface area (Å²) >= 11 is 6.30. The summed E-state index contributed by atoms with van der Waals surface area (Å²) in [4.78, 5) is 23.4. The largest absolute Gasteiger partial charge is 0.339 e. The van der Waals surface area contributed by atoms with Crippen molar-refractivity contribution in [2.75, 3.05) is 26.2 Å². The Hall–Kier alpha value is -3.24. The lowest BCUT2D eigenvalue weighted by Gasteiger charge is -2.45. The first-order valence-corrected chi connectivity index (χ1v) is 19.4. The monoisotopic (exact) mass is 687 g/mol. The van der Waals surface area contributed by atoms with Gasteiger partial charge in [-0.1, -0.05) is 61.0 Å². The smallest absolute Gasteiger partial charge is 0.255 e. The predicted octanol–water partition coefficient (Wildman–Crippen LogP) is 7.12. The summed E-state index contributed by atoms with van der Waals surface area (Å²) in [6, 6.07) is 25.4. The van der Waals surface area contributed by atoms with Gasteiger partial charge in [0.25, 0.3) is 5.91 Å². The highest BCUT2D eigenvalue weighted by molar-refractivity contribution is 7.89. The van der Waals surface area contributed by atoms with Gasteiger partial charge in [0.15, 0.2) is 0 Å². The molecule has 2 unspecified atom stereocenters. The number of fused-ring (bicyclic) bond motifs is 3. The summed E-state index contributed by atoms with van der Waals surface area (Å²) in [6.45, 7) is 6.51. The molecule has 2 bridgehead atoms. The highest BCUT2D eigenvalue weighted by Gasteiger charge is 2.44. The Labute approximate surface area is 289 Å². The second-order valence-electron chi connectivity index (χ2n) is 14.0. The van der Waals surface area contributed by atoms with E-state index >= 15 is 0 Å². The number of nitrogens with one attached hydrogen (secondary N) is 1. The van der Waals surface area contributed by atoms with Crippen molar-refractivity contribution in [1.82, 2.24) is 24.1 Å². The van der Waals surface area contributed by atoms with Gasteiger partial charge in [-0.3, -0.25) is 9.69 Å². The lowest BCUT2D eigenvalue weighted by atomic mass is 9.70. The Kier molecular flexibility index (Phi) is 9.41. The number of imidazole rings is 1. The molecule has 0 aliphatic carbocycles. The highest BCUT2D eigenvalue weighted by Crippen LogP contribution is 2.45. The van der Waals surface area contributed by atoms with Crippen LogP contribution in [0.2, 0.25) is 5.02 Å². The van der Waals surface area contributed by atoms with Crippen molar-refractivity contribution in [3.63, 3.8) is 0 Å². The molecule has 3 fully saturated rings. The van der Waals surface area contributed by atoms with Crippen molar-refractivity contribution in [1.29, 1.82) is 0 Å². The topological polar surface area (TPSA) is 87.5 Å². The number of piperidine rings is 2. The second kappa shape index (κ2) is 13.6. The molecule has 1 N–H and O–H groups in total. The fraction of sp³-hybridized carbons (Fsp3) is 0.474. The van der Waals surface area contributed by atoms with Crippen LogP contribution in [-0.4, -0.2) is 71.9 Å². The quantitative estimate of drug-likeness (QED) is 0.192. The number of halogens is 1. The molecule has 7 rings (SSSR count). The number of carbonyl (C=O) groups excluding carboxylic acids is 1. The fourth-order valence-corrected chi connectivity index (χ4v) is 10.3. The van der Waals surface area contributed by atoms with E-state index in [0.29, 0.717) is 49.2 Å². The molecule has 254 valence electrons. The van der Waals surface area contributed by atoms with Crippen LogP contribution in [0.3, 0.4) is 0 Å². The van der Waals surface area contributed by atoms with Gasteiger partial charge >= 0.3 is 0 Å². The molecule has 0 saturated carbocycles. The SMILES string of the molecule is CCCNS(=O)(=O)c1ccc(Cl)cc1C(=O)N1CCC(CCN2C3CCC2CC(n2c(C)nc4ccccc42)C3)(c2ccccc2)CC1. The van der Waals surface area contributed by atoms with Gasteiger partial charge in [-0.2, -0.15) is 0 Å². The standard InChI is InChI=1S/C38H46ClN5O3S/c1-3-20-40-48(46,47)36-16-13-29(39)24-33(36)37(45)42-21-17-38(18-22-42,28-9-5-4-6-10-28)19-23-43-30-14-15-31(43)26-32(25-30)44-27(2)41-34-11-7-8-12-35(34)44/h4-13,16,24,30-32,40H,3,14-15,17-23,25-26H2,1-2H3. The maximum atomic E-state index is 13.9. The van der Waals surface area contributed by atoms with E-state index in [1.807, 2.05) is 11.8 Å². The van der Waals surface area contributed by atoms with E-state index in [1.54, 1.807) is 0 Å². The number of hydrogen-bond donors (Lipinski definition) is 1. The number of likely N-dealkylation sites (tertiary alicyclic amines) is 1. The Bertz CT molecular complexity index is 1870. The lowest BCUT2D eigenvalue weighted by Crippen LogP contribution is -2.49. The van der Waals surface area contributed by atoms with Crippen molar-refractivity contribution in [3.8, 4) is 0 Å². The molecule has 10 heteroatoms. The Morgan fingerprint density at radius 1 is 0.958 bits per heavy atom. The molecule has 2 atom stereocenters. The van der Waals surface area contributed by atoms with E-state index in [4.69, 9.17) is 16.6 Å². The third-order valence-electron chi connectivity index (χ3n) is 11.2. The molecule has 0 radical (unpaired) electrons. The van der Waals surface area contributed by atoms with E-state index in [-0.39, 0.29) is 21.8 Å². The normalized spacial score (nSPS) is 22.7. The molecular formula is C38H46ClN5O3S. The molecule has 3 aromatic carbocycles.